The summed E-state index contributed by atoms with van der Waals surface area (Å²) < 4.78 is 1.86. The Morgan fingerprint density at radius 2 is 2.13 bits per heavy atom. The summed E-state index contributed by atoms with van der Waals surface area (Å²) in [6.45, 7) is 0. The van der Waals surface area contributed by atoms with Gasteiger partial charge in [0.05, 0.1) is 7.05 Å². The number of hydrogen-bond donors (Lipinski definition) is 1. The molecule has 0 amide bonds. The molecule has 0 aliphatic heterocycles. The van der Waals surface area contributed by atoms with Crippen LogP contribution in [-0.4, -0.2) is 42.3 Å². The van der Waals surface area contributed by atoms with Crippen LogP contribution in [0.2, 0.25) is 0 Å². The Morgan fingerprint density at radius 1 is 1.40 bits per heavy atom. The Bertz CT molecular complexity index is 497. The molecule has 0 bridgehead atoms. The second-order valence-corrected chi connectivity index (χ2v) is 3.45. The number of aromatic amines is 1. The lowest BCUT2D eigenvalue weighted by Crippen LogP contribution is -2.52. The van der Waals surface area contributed by atoms with E-state index < -0.39 is 0 Å². The van der Waals surface area contributed by atoms with Gasteiger partial charge in [0.2, 0.25) is 0 Å². The number of benzene rings is 1. The van der Waals surface area contributed by atoms with Crippen LogP contribution < -0.4 is 4.68 Å². The number of aliphatic imine (C=N–C) groups is 1. The highest BCUT2D eigenvalue weighted by Crippen LogP contribution is 2.03. The van der Waals surface area contributed by atoms with Crippen molar-refractivity contribution in [2.45, 2.75) is 0 Å². The van der Waals surface area contributed by atoms with E-state index in [0.717, 1.165) is 17.0 Å². The third-order valence-electron chi connectivity index (χ3n) is 2.19. The first-order chi connectivity index (χ1) is 7.24. The second-order valence-electron chi connectivity index (χ2n) is 3.45. The van der Waals surface area contributed by atoms with Crippen LogP contribution in [0.1, 0.15) is 0 Å². The van der Waals surface area contributed by atoms with E-state index in [1.807, 2.05) is 47.9 Å². The van der Waals surface area contributed by atoms with Gasteiger partial charge in [0, 0.05) is 14.1 Å². The molecule has 0 saturated heterocycles. The zero-order valence-electron chi connectivity index (χ0n) is 9.10. The summed E-state index contributed by atoms with van der Waals surface area (Å²) in [7, 11) is 5.66. The molecule has 0 radical (unpaired) electrons. The average molecular weight is 204 g/mol. The van der Waals surface area contributed by atoms with Crippen LogP contribution in [0.5, 0.6) is 0 Å². The highest BCUT2D eigenvalue weighted by atomic mass is 15.5. The monoisotopic (exact) mass is 204 g/mol. The third kappa shape index (κ3) is 1.56. The second kappa shape index (κ2) is 3.68. The standard InChI is InChI=1S/C10H13N5/c1-11-10(14(2)3)15-9-7-5-4-6-8(9)12-13-15/h4-7H,1-3H3/p+1. The predicted molar refractivity (Wildman–Crippen MR) is 58.7 cm³/mol. The van der Waals surface area contributed by atoms with Crippen LogP contribution in [-0.2, 0) is 0 Å². The van der Waals surface area contributed by atoms with Gasteiger partial charge in [0.25, 0.3) is 0 Å². The summed E-state index contributed by atoms with van der Waals surface area (Å²) in [6.07, 6.45) is 0. The Hall–Kier alpha value is -1.91. The lowest BCUT2D eigenvalue weighted by atomic mass is 10.3. The summed E-state index contributed by atoms with van der Waals surface area (Å²) in [6, 6.07) is 7.92. The maximum Gasteiger partial charge on any atom is 0.365 e. The van der Waals surface area contributed by atoms with E-state index in [2.05, 4.69) is 15.3 Å². The minimum absolute atomic E-state index is 0.823. The molecule has 0 aliphatic carbocycles. The fourth-order valence-electron chi connectivity index (χ4n) is 1.56. The van der Waals surface area contributed by atoms with Gasteiger partial charge in [-0.3, -0.25) is 4.90 Å². The molecule has 0 fully saturated rings. The highest BCUT2D eigenvalue weighted by Gasteiger charge is 2.16. The third-order valence-corrected chi connectivity index (χ3v) is 2.19. The lowest BCUT2D eigenvalue weighted by molar-refractivity contribution is -0.604. The van der Waals surface area contributed by atoms with Crippen molar-refractivity contribution in [1.29, 1.82) is 0 Å². The molecule has 0 aliphatic rings. The van der Waals surface area contributed by atoms with Crippen LogP contribution >= 0.6 is 0 Å². The van der Waals surface area contributed by atoms with E-state index in [-0.39, 0.29) is 0 Å². The summed E-state index contributed by atoms with van der Waals surface area (Å²) in [5.74, 6) is 0.823. The van der Waals surface area contributed by atoms with Gasteiger partial charge in [0.15, 0.2) is 11.0 Å². The van der Waals surface area contributed by atoms with Gasteiger partial charge in [-0.1, -0.05) is 17.2 Å². The van der Waals surface area contributed by atoms with Gasteiger partial charge < -0.3 is 0 Å². The first-order valence-corrected chi connectivity index (χ1v) is 4.73. The van der Waals surface area contributed by atoms with E-state index in [4.69, 9.17) is 0 Å². The SMILES string of the molecule is CN=C(N(C)C)[n+]1[nH]nc2ccccc21. The largest absolute Gasteiger partial charge is 0.365 e. The number of nitrogens with one attached hydrogen (secondary N) is 1. The number of H-pyrrole nitrogens is 1. The quantitative estimate of drug-likeness (QED) is 0.380. The molecular formula is C10H14N5+. The predicted octanol–water partition coefficient (Wildman–Crippen LogP) is 0.246. The molecule has 5 nitrogen and oxygen atoms in total. The number of para-hydroxylation sites is 2. The summed E-state index contributed by atoms with van der Waals surface area (Å²) in [5, 5.41) is 7.14. The number of aromatic nitrogens is 3. The van der Waals surface area contributed by atoms with Gasteiger partial charge in [-0.15, -0.1) is 14.9 Å². The number of nitrogens with zero attached hydrogens (tertiary/aromatic N) is 4. The van der Waals surface area contributed by atoms with E-state index in [9.17, 15) is 0 Å². The highest BCUT2D eigenvalue weighted by molar-refractivity contribution is 5.78. The minimum Gasteiger partial charge on any atom is -0.285 e. The van der Waals surface area contributed by atoms with Crippen molar-refractivity contribution in [3.8, 4) is 0 Å². The molecule has 0 saturated carbocycles. The van der Waals surface area contributed by atoms with Gasteiger partial charge in [-0.2, -0.15) is 0 Å². The van der Waals surface area contributed by atoms with Crippen LogP contribution in [0.3, 0.4) is 0 Å². The maximum absolute atomic E-state index is 4.21. The van der Waals surface area contributed by atoms with Gasteiger partial charge in [-0.25, -0.2) is 0 Å². The molecule has 0 atom stereocenters. The summed E-state index contributed by atoms with van der Waals surface area (Å²) in [4.78, 5) is 6.15. The van der Waals surface area contributed by atoms with Gasteiger partial charge in [-0.05, 0) is 12.1 Å². The van der Waals surface area contributed by atoms with Gasteiger partial charge >= 0.3 is 5.96 Å². The fraction of sp³-hybridized carbons (Fsp3) is 0.300. The summed E-state index contributed by atoms with van der Waals surface area (Å²) in [5.41, 5.74) is 1.95. The smallest absolute Gasteiger partial charge is 0.285 e. The van der Waals surface area contributed by atoms with Crippen molar-refractivity contribution < 1.29 is 4.68 Å². The molecule has 1 N–H and O–H groups in total. The lowest BCUT2D eigenvalue weighted by Gasteiger charge is -2.07. The molecule has 2 rings (SSSR count). The maximum atomic E-state index is 4.21. The fourth-order valence-corrected chi connectivity index (χ4v) is 1.56. The zero-order chi connectivity index (χ0) is 10.8. The first kappa shape index (κ1) is 9.64. The van der Waals surface area contributed by atoms with Crippen molar-refractivity contribution in [3.63, 3.8) is 0 Å². The minimum atomic E-state index is 0.823. The molecule has 0 unspecified atom stereocenters. The molecule has 15 heavy (non-hydrogen) atoms. The topological polar surface area (TPSA) is 48.2 Å². The van der Waals surface area contributed by atoms with Crippen LogP contribution in [0, 0.1) is 0 Å². The number of rotatable bonds is 0. The van der Waals surface area contributed by atoms with E-state index >= 15 is 0 Å². The molecule has 1 aromatic heterocycles. The van der Waals surface area contributed by atoms with E-state index in [0.29, 0.717) is 0 Å². The van der Waals surface area contributed by atoms with Crippen LogP contribution in [0.25, 0.3) is 11.0 Å². The van der Waals surface area contributed by atoms with Crippen LogP contribution in [0.4, 0.5) is 0 Å². The average Bonchev–Trinajstić information content (AvgIpc) is 2.63. The number of fused-ring (bicyclic) bond motifs is 1. The van der Waals surface area contributed by atoms with Crippen molar-refractivity contribution >= 4 is 17.0 Å². The van der Waals surface area contributed by atoms with Crippen molar-refractivity contribution in [2.24, 2.45) is 4.99 Å². The Morgan fingerprint density at radius 3 is 2.80 bits per heavy atom. The van der Waals surface area contributed by atoms with Crippen molar-refractivity contribution in [2.75, 3.05) is 21.1 Å². The molecular weight excluding hydrogens is 190 g/mol. The molecule has 0 spiro atoms. The molecule has 5 heteroatoms. The first-order valence-electron chi connectivity index (χ1n) is 4.73. The molecule has 78 valence electrons. The van der Waals surface area contributed by atoms with Crippen molar-refractivity contribution in [3.05, 3.63) is 24.3 Å². The van der Waals surface area contributed by atoms with Crippen molar-refractivity contribution in [1.82, 2.24) is 15.2 Å². The van der Waals surface area contributed by atoms with E-state index in [1.165, 1.54) is 0 Å². The molecule has 2 aromatic rings. The van der Waals surface area contributed by atoms with Crippen LogP contribution in [0.15, 0.2) is 29.3 Å². The van der Waals surface area contributed by atoms with Gasteiger partial charge in [0.1, 0.15) is 0 Å². The normalized spacial score (nSPS) is 12.1. The van der Waals surface area contributed by atoms with E-state index in [1.54, 1.807) is 7.05 Å². The number of hydrogen-bond acceptors (Lipinski definition) is 2. The zero-order valence-corrected chi connectivity index (χ0v) is 9.10. The molecule has 1 aromatic carbocycles. The molecule has 1 heterocycles. The Balaban J connectivity index is 2.62. The Labute approximate surface area is 88.0 Å². The summed E-state index contributed by atoms with van der Waals surface area (Å²) >= 11 is 0. The Kier molecular flexibility index (Phi) is 2.37.